The van der Waals surface area contributed by atoms with Gasteiger partial charge in [-0.05, 0) is 38.0 Å². The van der Waals surface area contributed by atoms with Gasteiger partial charge in [0.1, 0.15) is 0 Å². The molecule has 0 radical (unpaired) electrons. The van der Waals surface area contributed by atoms with Crippen molar-refractivity contribution in [3.05, 3.63) is 29.8 Å². The molecule has 0 bridgehead atoms. The number of carbonyl (C=O) groups excluding carboxylic acids is 1. The molecular formula is C17H28N4O. The Balaban J connectivity index is 2.71. The first-order valence-corrected chi connectivity index (χ1v) is 8.02. The molecule has 0 fully saturated rings. The Morgan fingerprint density at radius 1 is 1.18 bits per heavy atom. The second-order valence-corrected chi connectivity index (χ2v) is 5.22. The van der Waals surface area contributed by atoms with Crippen molar-refractivity contribution in [1.82, 2.24) is 10.6 Å². The highest BCUT2D eigenvalue weighted by atomic mass is 16.1. The second kappa shape index (κ2) is 9.82. The summed E-state index contributed by atoms with van der Waals surface area (Å²) in [7, 11) is 0. The van der Waals surface area contributed by atoms with Gasteiger partial charge in [-0.1, -0.05) is 26.0 Å². The van der Waals surface area contributed by atoms with Gasteiger partial charge in [-0.15, -0.1) is 0 Å². The first-order chi connectivity index (χ1) is 10.6. The van der Waals surface area contributed by atoms with Gasteiger partial charge in [0.2, 0.25) is 5.91 Å². The highest BCUT2D eigenvalue weighted by molar-refractivity contribution is 5.92. The Hall–Kier alpha value is -2.04. The van der Waals surface area contributed by atoms with Gasteiger partial charge < -0.3 is 16.0 Å². The monoisotopic (exact) mass is 304 g/mol. The van der Waals surface area contributed by atoms with Crippen molar-refractivity contribution in [3.8, 4) is 0 Å². The molecular weight excluding hydrogens is 276 g/mol. The molecule has 0 spiro atoms. The van der Waals surface area contributed by atoms with Crippen molar-refractivity contribution in [2.24, 2.45) is 10.9 Å². The molecule has 1 rings (SSSR count). The van der Waals surface area contributed by atoms with Crippen LogP contribution in [-0.2, 0) is 11.3 Å². The number of nitrogens with one attached hydrogen (secondary N) is 3. The van der Waals surface area contributed by atoms with E-state index in [2.05, 4.69) is 20.9 Å². The van der Waals surface area contributed by atoms with Gasteiger partial charge in [-0.3, -0.25) is 4.79 Å². The first kappa shape index (κ1) is 18.0. The maximum atomic E-state index is 11.9. The number of anilines is 1. The summed E-state index contributed by atoms with van der Waals surface area (Å²) >= 11 is 0. The predicted molar refractivity (Wildman–Crippen MR) is 93.0 cm³/mol. The molecule has 5 heteroatoms. The summed E-state index contributed by atoms with van der Waals surface area (Å²) in [6.45, 7) is 10.3. The van der Waals surface area contributed by atoms with Crippen molar-refractivity contribution in [2.45, 2.75) is 40.7 Å². The van der Waals surface area contributed by atoms with Gasteiger partial charge in [0.25, 0.3) is 0 Å². The van der Waals surface area contributed by atoms with Crippen molar-refractivity contribution >= 4 is 17.6 Å². The molecule has 1 unspecified atom stereocenters. The molecule has 0 saturated carbocycles. The van der Waals surface area contributed by atoms with Crippen LogP contribution in [0.3, 0.4) is 0 Å². The van der Waals surface area contributed by atoms with Crippen molar-refractivity contribution < 1.29 is 4.79 Å². The molecule has 1 atom stereocenters. The Morgan fingerprint density at radius 3 is 2.45 bits per heavy atom. The fourth-order valence-electron chi connectivity index (χ4n) is 1.88. The van der Waals surface area contributed by atoms with Crippen LogP contribution in [0.15, 0.2) is 29.3 Å². The van der Waals surface area contributed by atoms with E-state index < -0.39 is 0 Å². The SMILES string of the molecule is CCNC(=NCc1cccc(NC(=O)C(C)CC)c1)NCC. The van der Waals surface area contributed by atoms with E-state index in [0.29, 0.717) is 6.54 Å². The zero-order valence-corrected chi connectivity index (χ0v) is 14.1. The lowest BCUT2D eigenvalue weighted by Gasteiger charge is -2.11. The number of hydrogen-bond acceptors (Lipinski definition) is 2. The molecule has 0 aliphatic rings. The van der Waals surface area contributed by atoms with E-state index in [4.69, 9.17) is 0 Å². The summed E-state index contributed by atoms with van der Waals surface area (Å²) in [6.07, 6.45) is 0.838. The third-order valence-corrected chi connectivity index (χ3v) is 3.36. The van der Waals surface area contributed by atoms with Crippen LogP contribution >= 0.6 is 0 Å². The van der Waals surface area contributed by atoms with Crippen LogP contribution in [0.2, 0.25) is 0 Å². The number of guanidine groups is 1. The molecule has 1 amide bonds. The maximum absolute atomic E-state index is 11.9. The molecule has 0 aliphatic carbocycles. The number of rotatable bonds is 7. The summed E-state index contributed by atoms with van der Waals surface area (Å²) in [6, 6.07) is 7.83. The van der Waals surface area contributed by atoms with E-state index in [1.54, 1.807) is 0 Å². The number of benzene rings is 1. The zero-order valence-electron chi connectivity index (χ0n) is 14.1. The van der Waals surface area contributed by atoms with Crippen molar-refractivity contribution in [2.75, 3.05) is 18.4 Å². The van der Waals surface area contributed by atoms with Crippen LogP contribution in [0.4, 0.5) is 5.69 Å². The third-order valence-electron chi connectivity index (χ3n) is 3.36. The normalized spacial score (nSPS) is 11.5. The van der Waals surface area contributed by atoms with Gasteiger partial charge in [0.15, 0.2) is 5.96 Å². The smallest absolute Gasteiger partial charge is 0.227 e. The molecule has 5 nitrogen and oxygen atoms in total. The minimum Gasteiger partial charge on any atom is -0.357 e. The van der Waals surface area contributed by atoms with E-state index >= 15 is 0 Å². The highest BCUT2D eigenvalue weighted by Crippen LogP contribution is 2.13. The number of carbonyl (C=O) groups is 1. The summed E-state index contributed by atoms with van der Waals surface area (Å²) in [4.78, 5) is 16.5. The quantitative estimate of drug-likeness (QED) is 0.536. The lowest BCUT2D eigenvalue weighted by molar-refractivity contribution is -0.119. The fraction of sp³-hybridized carbons (Fsp3) is 0.529. The Labute approximate surface area is 133 Å². The minimum absolute atomic E-state index is 0.0239. The van der Waals surface area contributed by atoms with Gasteiger partial charge in [-0.25, -0.2) is 4.99 Å². The molecule has 22 heavy (non-hydrogen) atoms. The summed E-state index contributed by atoms with van der Waals surface area (Å²) in [5, 5.41) is 9.34. The molecule has 1 aromatic rings. The minimum atomic E-state index is 0.0239. The highest BCUT2D eigenvalue weighted by Gasteiger charge is 2.10. The van der Waals surface area contributed by atoms with Crippen LogP contribution in [0.25, 0.3) is 0 Å². The molecule has 1 aromatic carbocycles. The van der Waals surface area contributed by atoms with Gasteiger partial charge in [-0.2, -0.15) is 0 Å². The average molecular weight is 304 g/mol. The van der Waals surface area contributed by atoms with Crippen LogP contribution in [0.1, 0.15) is 39.7 Å². The van der Waals surface area contributed by atoms with Crippen LogP contribution < -0.4 is 16.0 Å². The number of hydrogen-bond donors (Lipinski definition) is 3. The van der Waals surface area contributed by atoms with Gasteiger partial charge in [0, 0.05) is 24.7 Å². The maximum Gasteiger partial charge on any atom is 0.227 e. The van der Waals surface area contributed by atoms with Crippen molar-refractivity contribution in [1.29, 1.82) is 0 Å². The van der Waals surface area contributed by atoms with Crippen molar-refractivity contribution in [3.63, 3.8) is 0 Å². The standard InChI is InChI=1S/C17H28N4O/c1-5-13(4)16(22)21-15-10-8-9-14(11-15)12-20-17(18-6-2)19-7-3/h8-11,13H,5-7,12H2,1-4H3,(H,21,22)(H2,18,19,20). The van der Waals surface area contributed by atoms with Gasteiger partial charge in [0.05, 0.1) is 6.54 Å². The van der Waals surface area contributed by atoms with E-state index in [1.165, 1.54) is 0 Å². The third kappa shape index (κ3) is 6.16. The van der Waals surface area contributed by atoms with Crippen LogP contribution in [-0.4, -0.2) is 25.0 Å². The number of amides is 1. The number of aliphatic imine (C=N–C) groups is 1. The first-order valence-electron chi connectivity index (χ1n) is 8.02. The molecule has 0 aliphatic heterocycles. The zero-order chi connectivity index (χ0) is 16.4. The topological polar surface area (TPSA) is 65.5 Å². The summed E-state index contributed by atoms with van der Waals surface area (Å²) in [5.41, 5.74) is 1.89. The lowest BCUT2D eigenvalue weighted by Crippen LogP contribution is -2.36. The van der Waals surface area contributed by atoms with E-state index in [9.17, 15) is 4.79 Å². The molecule has 0 heterocycles. The van der Waals surface area contributed by atoms with E-state index in [1.807, 2.05) is 52.0 Å². The Kier molecular flexibility index (Phi) is 8.04. The summed E-state index contributed by atoms with van der Waals surface area (Å²) < 4.78 is 0. The Morgan fingerprint density at radius 2 is 1.86 bits per heavy atom. The van der Waals surface area contributed by atoms with E-state index in [0.717, 1.165) is 36.7 Å². The molecule has 0 aromatic heterocycles. The van der Waals surface area contributed by atoms with Crippen LogP contribution in [0.5, 0.6) is 0 Å². The second-order valence-electron chi connectivity index (χ2n) is 5.22. The van der Waals surface area contributed by atoms with Gasteiger partial charge >= 0.3 is 0 Å². The number of nitrogens with zero attached hydrogens (tertiary/aromatic N) is 1. The Bertz CT molecular complexity index is 491. The average Bonchev–Trinajstić information content (AvgIpc) is 2.52. The van der Waals surface area contributed by atoms with E-state index in [-0.39, 0.29) is 11.8 Å². The predicted octanol–water partition coefficient (Wildman–Crippen LogP) is 2.75. The summed E-state index contributed by atoms with van der Waals surface area (Å²) in [5.74, 6) is 0.888. The fourth-order valence-corrected chi connectivity index (χ4v) is 1.88. The molecule has 0 saturated heterocycles. The molecule has 122 valence electrons. The molecule has 3 N–H and O–H groups in total. The lowest BCUT2D eigenvalue weighted by atomic mass is 10.1. The van der Waals surface area contributed by atoms with Crippen LogP contribution in [0, 0.1) is 5.92 Å². The largest absolute Gasteiger partial charge is 0.357 e.